The summed E-state index contributed by atoms with van der Waals surface area (Å²) in [5.41, 5.74) is 2.02. The first-order valence-electron chi connectivity index (χ1n) is 7.81. The number of anilines is 2. The molecule has 0 bridgehead atoms. The number of rotatable bonds is 3. The van der Waals surface area contributed by atoms with Gasteiger partial charge in [-0.25, -0.2) is 4.79 Å². The van der Waals surface area contributed by atoms with E-state index in [2.05, 4.69) is 27.7 Å². The molecule has 21 heavy (non-hydrogen) atoms. The Hall–Kier alpha value is -1.75. The molecule has 2 fully saturated rings. The molecule has 0 aromatic heterocycles. The van der Waals surface area contributed by atoms with Crippen molar-refractivity contribution in [1.82, 2.24) is 5.32 Å². The van der Waals surface area contributed by atoms with Crippen molar-refractivity contribution >= 4 is 17.4 Å². The van der Waals surface area contributed by atoms with Crippen LogP contribution in [0.4, 0.5) is 16.2 Å². The molecular weight excluding hydrogens is 266 g/mol. The predicted molar refractivity (Wildman–Crippen MR) is 83.9 cm³/mol. The van der Waals surface area contributed by atoms with Crippen LogP contribution in [0.5, 0.6) is 0 Å². The van der Waals surface area contributed by atoms with Crippen LogP contribution in [0.15, 0.2) is 24.3 Å². The van der Waals surface area contributed by atoms with Crippen LogP contribution in [0.2, 0.25) is 0 Å². The molecule has 0 spiro atoms. The Labute approximate surface area is 125 Å². The monoisotopic (exact) mass is 289 g/mol. The SMILES string of the molecule is O=C(Nc1ccc(N2CCOCC2)cc1)NC1CCCC1. The van der Waals surface area contributed by atoms with Gasteiger partial charge in [0.1, 0.15) is 0 Å². The zero-order chi connectivity index (χ0) is 14.5. The van der Waals surface area contributed by atoms with E-state index in [1.807, 2.05) is 12.1 Å². The lowest BCUT2D eigenvalue weighted by molar-refractivity contribution is 0.122. The molecule has 0 unspecified atom stereocenters. The van der Waals surface area contributed by atoms with Gasteiger partial charge in [0.25, 0.3) is 0 Å². The summed E-state index contributed by atoms with van der Waals surface area (Å²) in [4.78, 5) is 14.2. The lowest BCUT2D eigenvalue weighted by Gasteiger charge is -2.28. The van der Waals surface area contributed by atoms with Gasteiger partial charge < -0.3 is 20.3 Å². The molecule has 5 heteroatoms. The number of carbonyl (C=O) groups excluding carboxylic acids is 1. The number of nitrogens with zero attached hydrogens (tertiary/aromatic N) is 1. The third-order valence-electron chi connectivity index (χ3n) is 4.19. The highest BCUT2D eigenvalue weighted by atomic mass is 16.5. The zero-order valence-electron chi connectivity index (χ0n) is 12.3. The van der Waals surface area contributed by atoms with Gasteiger partial charge in [0.2, 0.25) is 0 Å². The Morgan fingerprint density at radius 3 is 2.43 bits per heavy atom. The lowest BCUT2D eigenvalue weighted by Crippen LogP contribution is -2.36. The van der Waals surface area contributed by atoms with Crippen LogP contribution in [-0.4, -0.2) is 38.4 Å². The second-order valence-corrected chi connectivity index (χ2v) is 5.73. The molecule has 0 atom stereocenters. The van der Waals surface area contributed by atoms with Crippen LogP contribution in [0.3, 0.4) is 0 Å². The zero-order valence-corrected chi connectivity index (χ0v) is 12.3. The second-order valence-electron chi connectivity index (χ2n) is 5.73. The Kier molecular flexibility index (Phi) is 4.60. The Morgan fingerprint density at radius 2 is 1.76 bits per heavy atom. The van der Waals surface area contributed by atoms with Crippen LogP contribution < -0.4 is 15.5 Å². The van der Waals surface area contributed by atoms with Crippen molar-refractivity contribution in [3.05, 3.63) is 24.3 Å². The smallest absolute Gasteiger partial charge is 0.319 e. The number of hydrogen-bond acceptors (Lipinski definition) is 3. The van der Waals surface area contributed by atoms with Crippen molar-refractivity contribution in [2.45, 2.75) is 31.7 Å². The molecule has 3 rings (SSSR count). The normalized spacial score (nSPS) is 19.5. The van der Waals surface area contributed by atoms with Gasteiger partial charge in [-0.05, 0) is 37.1 Å². The van der Waals surface area contributed by atoms with E-state index in [0.717, 1.165) is 44.8 Å². The number of benzene rings is 1. The van der Waals surface area contributed by atoms with E-state index >= 15 is 0 Å². The Bertz CT molecular complexity index is 463. The molecule has 2 amide bonds. The molecule has 1 aromatic carbocycles. The number of amides is 2. The van der Waals surface area contributed by atoms with E-state index < -0.39 is 0 Å². The number of nitrogens with one attached hydrogen (secondary N) is 2. The second kappa shape index (κ2) is 6.80. The highest BCUT2D eigenvalue weighted by Gasteiger charge is 2.17. The molecule has 1 aliphatic heterocycles. The highest BCUT2D eigenvalue weighted by Crippen LogP contribution is 2.20. The topological polar surface area (TPSA) is 53.6 Å². The average molecular weight is 289 g/mol. The third kappa shape index (κ3) is 3.88. The van der Waals surface area contributed by atoms with Crippen molar-refractivity contribution in [1.29, 1.82) is 0 Å². The molecule has 5 nitrogen and oxygen atoms in total. The van der Waals surface area contributed by atoms with Crippen molar-refractivity contribution in [2.75, 3.05) is 36.5 Å². The van der Waals surface area contributed by atoms with Crippen LogP contribution in [0.25, 0.3) is 0 Å². The predicted octanol–water partition coefficient (Wildman–Crippen LogP) is 2.59. The van der Waals surface area contributed by atoms with Crippen LogP contribution in [0, 0.1) is 0 Å². The maximum atomic E-state index is 11.9. The van der Waals surface area contributed by atoms with Gasteiger partial charge in [-0.15, -0.1) is 0 Å². The molecule has 1 aliphatic carbocycles. The Balaban J connectivity index is 1.52. The van der Waals surface area contributed by atoms with Gasteiger partial charge in [0, 0.05) is 30.5 Å². The molecular formula is C16H23N3O2. The van der Waals surface area contributed by atoms with Gasteiger partial charge in [-0.2, -0.15) is 0 Å². The molecule has 1 aromatic rings. The van der Waals surface area contributed by atoms with Crippen molar-refractivity contribution in [2.24, 2.45) is 0 Å². The molecule has 0 radical (unpaired) electrons. The van der Waals surface area contributed by atoms with E-state index in [4.69, 9.17) is 4.74 Å². The molecule has 1 saturated heterocycles. The van der Waals surface area contributed by atoms with Gasteiger partial charge in [0.15, 0.2) is 0 Å². The maximum absolute atomic E-state index is 11.9. The standard InChI is InChI=1S/C16H23N3O2/c20-16(17-13-3-1-2-4-13)18-14-5-7-15(8-6-14)19-9-11-21-12-10-19/h5-8,13H,1-4,9-12H2,(H2,17,18,20). The number of ether oxygens (including phenoxy) is 1. The Morgan fingerprint density at radius 1 is 1.10 bits per heavy atom. The van der Waals surface area contributed by atoms with E-state index in [1.54, 1.807) is 0 Å². The third-order valence-corrected chi connectivity index (χ3v) is 4.19. The first-order valence-corrected chi connectivity index (χ1v) is 7.81. The van der Waals surface area contributed by atoms with Gasteiger partial charge in [-0.3, -0.25) is 0 Å². The average Bonchev–Trinajstić information content (AvgIpc) is 3.02. The molecule has 1 heterocycles. The van der Waals surface area contributed by atoms with Gasteiger partial charge >= 0.3 is 6.03 Å². The summed E-state index contributed by atoms with van der Waals surface area (Å²) in [6, 6.07) is 8.27. The summed E-state index contributed by atoms with van der Waals surface area (Å²) in [6.45, 7) is 3.41. The quantitative estimate of drug-likeness (QED) is 0.899. The first-order chi connectivity index (χ1) is 10.3. The molecule has 114 valence electrons. The van der Waals surface area contributed by atoms with E-state index in [9.17, 15) is 4.79 Å². The largest absolute Gasteiger partial charge is 0.378 e. The molecule has 2 aliphatic rings. The maximum Gasteiger partial charge on any atom is 0.319 e. The van der Waals surface area contributed by atoms with Crippen LogP contribution in [-0.2, 0) is 4.74 Å². The van der Waals surface area contributed by atoms with Crippen LogP contribution in [0.1, 0.15) is 25.7 Å². The van der Waals surface area contributed by atoms with Crippen molar-refractivity contribution < 1.29 is 9.53 Å². The summed E-state index contributed by atoms with van der Waals surface area (Å²) in [5, 5.41) is 5.93. The fourth-order valence-corrected chi connectivity index (χ4v) is 3.00. The summed E-state index contributed by atoms with van der Waals surface area (Å²) < 4.78 is 5.35. The number of carbonyl (C=O) groups is 1. The van der Waals surface area contributed by atoms with Crippen LogP contribution >= 0.6 is 0 Å². The fourth-order valence-electron chi connectivity index (χ4n) is 3.00. The van der Waals surface area contributed by atoms with Crippen molar-refractivity contribution in [3.63, 3.8) is 0 Å². The first kappa shape index (κ1) is 14.2. The van der Waals surface area contributed by atoms with Gasteiger partial charge in [-0.1, -0.05) is 12.8 Å². The summed E-state index contributed by atoms with van der Waals surface area (Å²) in [5.74, 6) is 0. The van der Waals surface area contributed by atoms with Gasteiger partial charge in [0.05, 0.1) is 13.2 Å². The number of morpholine rings is 1. The van der Waals surface area contributed by atoms with E-state index in [1.165, 1.54) is 18.5 Å². The molecule has 2 N–H and O–H groups in total. The summed E-state index contributed by atoms with van der Waals surface area (Å²) >= 11 is 0. The molecule has 1 saturated carbocycles. The minimum atomic E-state index is -0.0963. The lowest BCUT2D eigenvalue weighted by atomic mass is 10.2. The summed E-state index contributed by atoms with van der Waals surface area (Å²) in [7, 11) is 0. The van der Waals surface area contributed by atoms with Crippen molar-refractivity contribution in [3.8, 4) is 0 Å². The fraction of sp³-hybridized carbons (Fsp3) is 0.562. The minimum Gasteiger partial charge on any atom is -0.378 e. The minimum absolute atomic E-state index is 0.0963. The highest BCUT2D eigenvalue weighted by molar-refractivity contribution is 5.89. The summed E-state index contributed by atoms with van der Waals surface area (Å²) in [6.07, 6.45) is 4.64. The van der Waals surface area contributed by atoms with E-state index in [-0.39, 0.29) is 6.03 Å². The van der Waals surface area contributed by atoms with E-state index in [0.29, 0.717) is 6.04 Å². The number of urea groups is 1. The number of hydrogen-bond donors (Lipinski definition) is 2.